The first kappa shape index (κ1) is 30.7. The van der Waals surface area contributed by atoms with Crippen LogP contribution in [0.3, 0.4) is 0 Å². The van der Waals surface area contributed by atoms with E-state index in [1.165, 1.54) is 0 Å². The van der Waals surface area contributed by atoms with E-state index in [9.17, 15) is 0 Å². The van der Waals surface area contributed by atoms with Crippen molar-refractivity contribution in [2.24, 2.45) is 0 Å². The average Bonchev–Trinajstić information content (AvgIpc) is 1.12. The molecule has 8 nitrogen and oxygen atoms in total. The SMILES string of the molecule is O=S(=O)([O-])[O-].O=S(=O)([O-])[O-].[Ca+2].[Cs+].[Rb+]. The summed E-state index contributed by atoms with van der Waals surface area (Å²) in [5.74, 6) is 0. The molecule has 0 aliphatic rings. The van der Waals surface area contributed by atoms with Crippen LogP contribution in [0.2, 0.25) is 0 Å². The van der Waals surface area contributed by atoms with Crippen LogP contribution in [0.4, 0.5) is 0 Å². The van der Waals surface area contributed by atoms with Crippen molar-refractivity contribution in [3.05, 3.63) is 0 Å². The Hall–Kier alpha value is 4.86. The summed E-state index contributed by atoms with van der Waals surface area (Å²) < 4.78 is 68.2. The van der Waals surface area contributed by atoms with Crippen LogP contribution in [0.1, 0.15) is 0 Å². The van der Waals surface area contributed by atoms with Gasteiger partial charge in [0, 0.05) is 20.8 Å². The summed E-state index contributed by atoms with van der Waals surface area (Å²) in [6.07, 6.45) is 0. The molecule has 0 unspecified atom stereocenters. The first-order valence-electron chi connectivity index (χ1n) is 1.33. The van der Waals surface area contributed by atoms with Crippen LogP contribution in [-0.2, 0) is 20.8 Å². The van der Waals surface area contributed by atoms with Gasteiger partial charge in [-0.2, -0.15) is 0 Å². The number of hydrogen-bond acceptors (Lipinski definition) is 8. The van der Waals surface area contributed by atoms with Gasteiger partial charge in [-0.1, -0.05) is 0 Å². The third-order valence-electron chi connectivity index (χ3n) is 0. The normalized spacial score (nSPS) is 8.92. The average molecular weight is 451 g/mol. The molecule has 0 aliphatic heterocycles. The summed E-state index contributed by atoms with van der Waals surface area (Å²) in [7, 11) is -10.3. The van der Waals surface area contributed by atoms with Crippen molar-refractivity contribution in [2.45, 2.75) is 0 Å². The van der Waals surface area contributed by atoms with Gasteiger partial charge in [0.2, 0.25) is 0 Å². The fourth-order valence-corrected chi connectivity index (χ4v) is 0. The zero-order valence-corrected chi connectivity index (χ0v) is 21.8. The minimum Gasteiger partial charge on any atom is -0.759 e. The topological polar surface area (TPSA) is 161 Å². The van der Waals surface area contributed by atoms with E-state index in [0.717, 1.165) is 0 Å². The molecule has 0 bridgehead atoms. The van der Waals surface area contributed by atoms with Crippen LogP contribution in [0.5, 0.6) is 0 Å². The van der Waals surface area contributed by atoms with Crippen molar-refractivity contribution >= 4 is 58.5 Å². The van der Waals surface area contributed by atoms with E-state index in [0.29, 0.717) is 0 Å². The monoisotopic (exact) mass is 450 g/mol. The van der Waals surface area contributed by atoms with Gasteiger partial charge in [0.05, 0.1) is 0 Å². The predicted molar refractivity (Wildman–Crippen MR) is 26.7 cm³/mol. The van der Waals surface area contributed by atoms with Gasteiger partial charge in [-0.15, -0.1) is 0 Å². The first-order chi connectivity index (χ1) is 4.00. The van der Waals surface area contributed by atoms with Gasteiger partial charge in [0.1, 0.15) is 0 Å². The molecule has 0 spiro atoms. The van der Waals surface area contributed by atoms with Gasteiger partial charge in [0.25, 0.3) is 0 Å². The molecule has 0 amide bonds. The minimum absolute atomic E-state index is 0. The van der Waals surface area contributed by atoms with Crippen molar-refractivity contribution in [3.63, 3.8) is 0 Å². The van der Waals surface area contributed by atoms with Gasteiger partial charge in [-0.3, -0.25) is 16.8 Å². The van der Waals surface area contributed by atoms with E-state index in [4.69, 9.17) is 35.0 Å². The molecule has 0 aromatic heterocycles. The molecule has 0 fully saturated rings. The molecule has 13 heavy (non-hydrogen) atoms. The van der Waals surface area contributed by atoms with Crippen LogP contribution in [0.15, 0.2) is 0 Å². The Bertz CT molecular complexity index is 219. The fourth-order valence-electron chi connectivity index (χ4n) is 0. The van der Waals surface area contributed by atoms with Gasteiger partial charge in [-0.25, -0.2) is 0 Å². The van der Waals surface area contributed by atoms with Crippen LogP contribution < -0.4 is 127 Å². The third kappa shape index (κ3) is 158. The molecule has 0 saturated heterocycles. The van der Waals surface area contributed by atoms with Crippen LogP contribution >= 0.6 is 0 Å². The molecule has 0 aromatic rings. The summed E-state index contributed by atoms with van der Waals surface area (Å²) in [6.45, 7) is 0. The largest absolute Gasteiger partial charge is 2.00 e. The van der Waals surface area contributed by atoms with Crippen LogP contribution in [0, 0.1) is 0 Å². The Balaban J connectivity index is -0.0000000267. The summed E-state index contributed by atoms with van der Waals surface area (Å²) in [5, 5.41) is 0. The second kappa shape index (κ2) is 14.9. The number of hydrogen-bond donors (Lipinski definition) is 0. The Kier molecular flexibility index (Phi) is 35.2. The van der Waals surface area contributed by atoms with Gasteiger partial charge >= 0.3 is 165 Å². The third-order valence-corrected chi connectivity index (χ3v) is 0. The standard InChI is InChI=1S/Ca.Cs.2H2O4S.Rb/c;;2*1-5(2,3)4;/h;;2*(H2,1,2,3,4);/q+2;+1;;;+1/p-4. The molecule has 0 atom stereocenters. The number of rotatable bonds is 0. The Morgan fingerprint density at radius 1 is 0.692 bits per heavy atom. The quantitative estimate of drug-likeness (QED) is 0.200. The molecule has 0 saturated carbocycles. The minimum atomic E-state index is -5.17. The summed E-state index contributed by atoms with van der Waals surface area (Å²) in [6, 6.07) is 0. The van der Waals surface area contributed by atoms with E-state index in [1.54, 1.807) is 0 Å². The van der Waals surface area contributed by atoms with Crippen molar-refractivity contribution in [1.82, 2.24) is 0 Å². The maximum atomic E-state index is 8.52. The zero-order valence-electron chi connectivity index (χ0n) is 6.79. The van der Waals surface area contributed by atoms with E-state index in [-0.39, 0.29) is 165 Å². The van der Waals surface area contributed by atoms with Crippen molar-refractivity contribution in [1.29, 1.82) is 0 Å². The van der Waals surface area contributed by atoms with Crippen molar-refractivity contribution < 1.29 is 162 Å². The summed E-state index contributed by atoms with van der Waals surface area (Å²) in [4.78, 5) is 0. The maximum Gasteiger partial charge on any atom is 2.00 e. The van der Waals surface area contributed by atoms with Gasteiger partial charge in [0.15, 0.2) is 0 Å². The van der Waals surface area contributed by atoms with Crippen molar-refractivity contribution in [2.75, 3.05) is 0 Å². The smallest absolute Gasteiger partial charge is 0.759 e. The molecule has 0 rings (SSSR count). The second-order valence-electron chi connectivity index (χ2n) is 0.816. The van der Waals surface area contributed by atoms with E-state index in [2.05, 4.69) is 0 Å². The van der Waals surface area contributed by atoms with Gasteiger partial charge < -0.3 is 18.2 Å². The molecule has 0 N–H and O–H groups in total. The van der Waals surface area contributed by atoms with E-state index >= 15 is 0 Å². The summed E-state index contributed by atoms with van der Waals surface area (Å²) in [5.41, 5.74) is 0. The molecular formula is CaCsO8RbS2. The van der Waals surface area contributed by atoms with Crippen molar-refractivity contribution in [3.8, 4) is 0 Å². The van der Waals surface area contributed by atoms with E-state index in [1.807, 2.05) is 0 Å². The molecule has 0 heterocycles. The maximum absolute atomic E-state index is 8.52. The molecule has 64 valence electrons. The van der Waals surface area contributed by atoms with Gasteiger partial charge in [-0.05, 0) is 0 Å². The van der Waals surface area contributed by atoms with Crippen LogP contribution in [0.25, 0.3) is 0 Å². The molecule has 0 aliphatic carbocycles. The first-order valence-corrected chi connectivity index (χ1v) is 4.00. The molecule has 0 aromatic carbocycles. The van der Waals surface area contributed by atoms with E-state index < -0.39 is 20.8 Å². The molecule has 13 heteroatoms. The molecule has 0 radical (unpaired) electrons. The molecular weight excluding hydrogens is 451 g/mol. The Morgan fingerprint density at radius 3 is 0.692 bits per heavy atom. The predicted octanol–water partition coefficient (Wildman–Crippen LogP) is -9.05. The Labute approximate surface area is 213 Å². The fraction of sp³-hybridized carbons (Fsp3) is 0. The zero-order chi connectivity index (χ0) is 9.00. The van der Waals surface area contributed by atoms with Crippen LogP contribution in [-0.4, -0.2) is 72.8 Å². The summed E-state index contributed by atoms with van der Waals surface area (Å²) >= 11 is 0. The second-order valence-corrected chi connectivity index (χ2v) is 2.45. The Morgan fingerprint density at radius 2 is 0.692 bits per heavy atom.